The Hall–Kier alpha value is -1.87. The molecule has 1 aromatic rings. The lowest BCUT2D eigenvalue weighted by Gasteiger charge is -2.35. The number of hydrogen-bond acceptors (Lipinski definition) is 6. The summed E-state index contributed by atoms with van der Waals surface area (Å²) in [5, 5.41) is 3.63. The quantitative estimate of drug-likeness (QED) is 0.341. The molecule has 0 saturated carbocycles. The first-order valence-electron chi connectivity index (χ1n) is 11.2. The Balaban J connectivity index is 1.57. The van der Waals surface area contributed by atoms with Gasteiger partial charge in [-0.2, -0.15) is 0 Å². The molecule has 0 amide bonds. The summed E-state index contributed by atoms with van der Waals surface area (Å²) in [4.78, 5) is 9.39. The molecular weight excluding hydrogens is 396 g/mol. The van der Waals surface area contributed by atoms with Crippen LogP contribution in [0.15, 0.2) is 29.3 Å². The zero-order valence-corrected chi connectivity index (χ0v) is 19.2. The molecule has 0 aromatic heterocycles. The van der Waals surface area contributed by atoms with E-state index in [4.69, 9.17) is 18.9 Å². The molecule has 8 heteroatoms. The molecule has 2 saturated heterocycles. The molecule has 2 atom stereocenters. The maximum absolute atomic E-state index is 5.73. The molecule has 2 heterocycles. The number of guanidine groups is 1. The SMILES string of the molecule is CN=C(NCC(c1ccc(OC)cc1)N1CCOCC1)N1CCC(COCCOC)C1. The third-order valence-corrected chi connectivity index (χ3v) is 6.02. The van der Waals surface area contributed by atoms with Crippen LogP contribution in [-0.4, -0.2) is 103 Å². The maximum Gasteiger partial charge on any atom is 0.193 e. The van der Waals surface area contributed by atoms with Crippen molar-refractivity contribution in [2.45, 2.75) is 12.5 Å². The first kappa shape index (κ1) is 23.8. The fourth-order valence-corrected chi connectivity index (χ4v) is 4.25. The van der Waals surface area contributed by atoms with Crippen molar-refractivity contribution in [1.82, 2.24) is 15.1 Å². The number of benzene rings is 1. The lowest BCUT2D eigenvalue weighted by Crippen LogP contribution is -2.47. The van der Waals surface area contributed by atoms with Crippen molar-refractivity contribution in [3.8, 4) is 5.75 Å². The molecule has 0 aliphatic carbocycles. The summed E-state index contributed by atoms with van der Waals surface area (Å²) in [7, 11) is 5.26. The number of rotatable bonds is 10. The fourth-order valence-electron chi connectivity index (χ4n) is 4.25. The Morgan fingerprint density at radius 1 is 1.16 bits per heavy atom. The molecule has 1 aromatic carbocycles. The van der Waals surface area contributed by atoms with E-state index < -0.39 is 0 Å². The number of morpholine rings is 1. The Bertz CT molecular complexity index is 664. The monoisotopic (exact) mass is 434 g/mol. The summed E-state index contributed by atoms with van der Waals surface area (Å²) in [5.74, 6) is 2.38. The van der Waals surface area contributed by atoms with E-state index in [9.17, 15) is 0 Å². The van der Waals surface area contributed by atoms with Gasteiger partial charge in [0.15, 0.2) is 5.96 Å². The average molecular weight is 435 g/mol. The standard InChI is InChI=1S/C23H38N4O4/c1-24-23(27-9-8-19(17-27)18-31-15-14-28-2)25-16-22(26-10-12-30-13-11-26)20-4-6-21(29-3)7-5-20/h4-7,19,22H,8-18H2,1-3H3,(H,24,25). The first-order chi connectivity index (χ1) is 15.2. The van der Waals surface area contributed by atoms with Gasteiger partial charge in [-0.15, -0.1) is 0 Å². The normalized spacial score (nSPS) is 21.3. The van der Waals surface area contributed by atoms with Gasteiger partial charge in [0.2, 0.25) is 0 Å². The number of likely N-dealkylation sites (tertiary alicyclic amines) is 1. The van der Waals surface area contributed by atoms with E-state index in [-0.39, 0.29) is 6.04 Å². The summed E-state index contributed by atoms with van der Waals surface area (Å²) < 4.78 is 21.7. The average Bonchev–Trinajstić information content (AvgIpc) is 3.29. The van der Waals surface area contributed by atoms with Gasteiger partial charge >= 0.3 is 0 Å². The summed E-state index contributed by atoms with van der Waals surface area (Å²) in [6.07, 6.45) is 1.12. The van der Waals surface area contributed by atoms with Crippen molar-refractivity contribution >= 4 is 5.96 Å². The maximum atomic E-state index is 5.73. The van der Waals surface area contributed by atoms with E-state index in [2.05, 4.69) is 32.2 Å². The number of aliphatic imine (C=N–C) groups is 1. The van der Waals surface area contributed by atoms with Crippen LogP contribution in [-0.2, 0) is 14.2 Å². The molecule has 174 valence electrons. The van der Waals surface area contributed by atoms with Gasteiger partial charge in [-0.1, -0.05) is 12.1 Å². The second-order valence-corrected chi connectivity index (χ2v) is 8.03. The van der Waals surface area contributed by atoms with E-state index in [0.29, 0.717) is 19.1 Å². The molecule has 0 radical (unpaired) electrons. The van der Waals surface area contributed by atoms with Crippen LogP contribution in [0.2, 0.25) is 0 Å². The van der Waals surface area contributed by atoms with Gasteiger partial charge in [-0.25, -0.2) is 0 Å². The zero-order chi connectivity index (χ0) is 21.9. The lowest BCUT2D eigenvalue weighted by atomic mass is 10.0. The first-order valence-corrected chi connectivity index (χ1v) is 11.2. The highest BCUT2D eigenvalue weighted by molar-refractivity contribution is 5.80. The largest absolute Gasteiger partial charge is 0.497 e. The molecule has 8 nitrogen and oxygen atoms in total. The number of nitrogens with one attached hydrogen (secondary N) is 1. The minimum Gasteiger partial charge on any atom is -0.497 e. The van der Waals surface area contributed by atoms with Gasteiger partial charge < -0.3 is 29.2 Å². The van der Waals surface area contributed by atoms with Gasteiger partial charge in [0, 0.05) is 52.8 Å². The van der Waals surface area contributed by atoms with Crippen molar-refractivity contribution in [1.29, 1.82) is 0 Å². The molecule has 31 heavy (non-hydrogen) atoms. The minimum atomic E-state index is 0.252. The third kappa shape index (κ3) is 7.07. The Labute approximate surface area is 186 Å². The van der Waals surface area contributed by atoms with E-state index in [0.717, 1.165) is 70.7 Å². The summed E-state index contributed by atoms with van der Waals surface area (Å²) in [5.41, 5.74) is 1.27. The van der Waals surface area contributed by atoms with Crippen LogP contribution in [0.5, 0.6) is 5.75 Å². The van der Waals surface area contributed by atoms with Gasteiger partial charge in [0.05, 0.1) is 46.2 Å². The molecule has 1 N–H and O–H groups in total. The Morgan fingerprint density at radius 3 is 2.61 bits per heavy atom. The lowest BCUT2D eigenvalue weighted by molar-refractivity contribution is 0.0169. The van der Waals surface area contributed by atoms with Crippen molar-refractivity contribution in [3.05, 3.63) is 29.8 Å². The third-order valence-electron chi connectivity index (χ3n) is 6.02. The molecule has 2 unspecified atom stereocenters. The van der Waals surface area contributed by atoms with Gasteiger partial charge in [-0.05, 0) is 24.1 Å². The highest BCUT2D eigenvalue weighted by Crippen LogP contribution is 2.24. The van der Waals surface area contributed by atoms with Gasteiger partial charge in [0.1, 0.15) is 5.75 Å². The van der Waals surface area contributed by atoms with Crippen molar-refractivity contribution < 1.29 is 18.9 Å². The van der Waals surface area contributed by atoms with Crippen LogP contribution in [0.1, 0.15) is 18.0 Å². The van der Waals surface area contributed by atoms with E-state index in [1.807, 2.05) is 19.2 Å². The number of methoxy groups -OCH3 is 2. The Morgan fingerprint density at radius 2 is 1.94 bits per heavy atom. The highest BCUT2D eigenvalue weighted by Gasteiger charge is 2.27. The van der Waals surface area contributed by atoms with E-state index >= 15 is 0 Å². The van der Waals surface area contributed by atoms with Crippen LogP contribution in [0.4, 0.5) is 0 Å². The molecular formula is C23H38N4O4. The second kappa shape index (κ2) is 12.9. The topological polar surface area (TPSA) is 67.8 Å². The van der Waals surface area contributed by atoms with Crippen LogP contribution in [0, 0.1) is 5.92 Å². The zero-order valence-electron chi connectivity index (χ0n) is 19.2. The van der Waals surface area contributed by atoms with Crippen LogP contribution in [0.25, 0.3) is 0 Å². The van der Waals surface area contributed by atoms with Gasteiger partial charge in [-0.3, -0.25) is 9.89 Å². The fraction of sp³-hybridized carbons (Fsp3) is 0.696. The molecule has 2 aliphatic heterocycles. The van der Waals surface area contributed by atoms with Crippen LogP contribution >= 0.6 is 0 Å². The summed E-state index contributed by atoms with van der Waals surface area (Å²) in [6, 6.07) is 8.64. The molecule has 0 spiro atoms. The molecule has 0 bridgehead atoms. The number of hydrogen-bond donors (Lipinski definition) is 1. The predicted molar refractivity (Wildman–Crippen MR) is 122 cm³/mol. The summed E-state index contributed by atoms with van der Waals surface area (Å²) in [6.45, 7) is 8.26. The van der Waals surface area contributed by atoms with Crippen molar-refractivity contribution in [3.63, 3.8) is 0 Å². The smallest absolute Gasteiger partial charge is 0.193 e. The van der Waals surface area contributed by atoms with Gasteiger partial charge in [0.25, 0.3) is 0 Å². The number of ether oxygens (including phenoxy) is 4. The minimum absolute atomic E-state index is 0.252. The van der Waals surface area contributed by atoms with Crippen molar-refractivity contribution in [2.75, 3.05) is 87.0 Å². The van der Waals surface area contributed by atoms with E-state index in [1.54, 1.807) is 14.2 Å². The van der Waals surface area contributed by atoms with E-state index in [1.165, 1.54) is 5.56 Å². The summed E-state index contributed by atoms with van der Waals surface area (Å²) >= 11 is 0. The van der Waals surface area contributed by atoms with Crippen LogP contribution in [0.3, 0.4) is 0 Å². The van der Waals surface area contributed by atoms with Crippen LogP contribution < -0.4 is 10.1 Å². The molecule has 2 fully saturated rings. The molecule has 3 rings (SSSR count). The Kier molecular flexibility index (Phi) is 9.86. The number of nitrogens with zero attached hydrogens (tertiary/aromatic N) is 3. The second-order valence-electron chi connectivity index (χ2n) is 8.03. The molecule has 2 aliphatic rings. The van der Waals surface area contributed by atoms with Crippen molar-refractivity contribution in [2.24, 2.45) is 10.9 Å². The highest BCUT2D eigenvalue weighted by atomic mass is 16.5. The predicted octanol–water partition coefficient (Wildman–Crippen LogP) is 1.63.